The summed E-state index contributed by atoms with van der Waals surface area (Å²) < 4.78 is 39.0. The average molecular weight is 367 g/mol. The maximum Gasteiger partial charge on any atom is 0.417 e. The van der Waals surface area contributed by atoms with Crippen LogP contribution in [0.4, 0.5) is 13.2 Å². The lowest BCUT2D eigenvalue weighted by molar-refractivity contribution is -0.137. The highest BCUT2D eigenvalue weighted by Crippen LogP contribution is 2.37. The van der Waals surface area contributed by atoms with Crippen molar-refractivity contribution < 1.29 is 18.0 Å². The van der Waals surface area contributed by atoms with Gasteiger partial charge in [-0.05, 0) is 18.2 Å². The van der Waals surface area contributed by atoms with E-state index < -0.39 is 22.7 Å². The van der Waals surface area contributed by atoms with E-state index >= 15 is 0 Å². The van der Waals surface area contributed by atoms with Gasteiger partial charge in [0.2, 0.25) is 5.91 Å². The van der Waals surface area contributed by atoms with Gasteiger partial charge < -0.3 is 10.7 Å². The molecule has 0 aliphatic heterocycles. The van der Waals surface area contributed by atoms with Crippen LogP contribution >= 0.6 is 11.6 Å². The summed E-state index contributed by atoms with van der Waals surface area (Å²) >= 11 is 5.63. The van der Waals surface area contributed by atoms with E-state index in [9.17, 15) is 18.0 Å². The van der Waals surface area contributed by atoms with Gasteiger partial charge in [0.1, 0.15) is 5.52 Å². The molecule has 2 heterocycles. The Balaban J connectivity index is 2.11. The van der Waals surface area contributed by atoms with Gasteiger partial charge in [0.15, 0.2) is 5.65 Å². The van der Waals surface area contributed by atoms with Crippen LogP contribution in [-0.4, -0.2) is 20.9 Å². The number of fused-ring (bicyclic) bond motifs is 1. The number of aromatic amines is 1. The van der Waals surface area contributed by atoms with Gasteiger partial charge in [0, 0.05) is 23.4 Å². The highest BCUT2D eigenvalue weighted by atomic mass is 35.5. The SMILES string of the molecule is NC(=O)/C=C/c1c[nH]c2ncc(-c3ccc(Cl)c(C(F)(F)F)c3)nc12. The van der Waals surface area contributed by atoms with Crippen LogP contribution in [0, 0.1) is 0 Å². The highest BCUT2D eigenvalue weighted by molar-refractivity contribution is 6.31. The Labute approximate surface area is 144 Å². The molecule has 3 rings (SSSR count). The van der Waals surface area contributed by atoms with Crippen LogP contribution in [-0.2, 0) is 11.0 Å². The molecule has 9 heteroatoms. The van der Waals surface area contributed by atoms with Gasteiger partial charge in [-0.15, -0.1) is 0 Å². The molecule has 0 aliphatic carbocycles. The fourth-order valence-electron chi connectivity index (χ4n) is 2.25. The minimum absolute atomic E-state index is 0.220. The molecule has 1 aromatic carbocycles. The second kappa shape index (κ2) is 6.21. The van der Waals surface area contributed by atoms with E-state index in [4.69, 9.17) is 17.3 Å². The van der Waals surface area contributed by atoms with Crippen molar-refractivity contribution in [3.8, 4) is 11.3 Å². The Morgan fingerprint density at radius 1 is 1.32 bits per heavy atom. The lowest BCUT2D eigenvalue weighted by Gasteiger charge is -2.10. The number of nitrogens with two attached hydrogens (primary N) is 1. The first kappa shape index (κ1) is 17.0. The summed E-state index contributed by atoms with van der Waals surface area (Å²) in [6.45, 7) is 0. The first-order valence-corrected chi connectivity index (χ1v) is 7.32. The fourth-order valence-corrected chi connectivity index (χ4v) is 2.48. The van der Waals surface area contributed by atoms with Crippen LogP contribution < -0.4 is 5.73 Å². The zero-order chi connectivity index (χ0) is 18.2. The summed E-state index contributed by atoms with van der Waals surface area (Å²) in [6, 6.07) is 3.51. The number of hydrogen-bond donors (Lipinski definition) is 2. The third-order valence-corrected chi connectivity index (χ3v) is 3.73. The van der Waals surface area contributed by atoms with Crippen molar-refractivity contribution in [2.45, 2.75) is 6.18 Å². The fraction of sp³-hybridized carbons (Fsp3) is 0.0625. The van der Waals surface area contributed by atoms with Crippen molar-refractivity contribution in [2.24, 2.45) is 5.73 Å². The van der Waals surface area contributed by atoms with Gasteiger partial charge in [-0.1, -0.05) is 17.7 Å². The first-order valence-electron chi connectivity index (χ1n) is 6.94. The van der Waals surface area contributed by atoms with Crippen LogP contribution in [0.15, 0.2) is 36.7 Å². The molecule has 25 heavy (non-hydrogen) atoms. The number of nitrogens with one attached hydrogen (secondary N) is 1. The number of halogens is 4. The number of carbonyl (C=O) groups excluding carboxylic acids is 1. The molecule has 0 fully saturated rings. The van der Waals surface area contributed by atoms with E-state index in [1.807, 2.05) is 0 Å². The number of rotatable bonds is 3. The zero-order valence-electron chi connectivity index (χ0n) is 12.4. The Hall–Kier alpha value is -2.87. The summed E-state index contributed by atoms with van der Waals surface area (Å²) in [5.74, 6) is -0.633. The van der Waals surface area contributed by atoms with Crippen LogP contribution in [0.2, 0.25) is 5.02 Å². The summed E-state index contributed by atoms with van der Waals surface area (Å²) in [5.41, 5.74) is 5.93. The van der Waals surface area contributed by atoms with Crippen LogP contribution in [0.5, 0.6) is 0 Å². The number of benzene rings is 1. The number of aromatic nitrogens is 3. The Kier molecular flexibility index (Phi) is 4.22. The minimum atomic E-state index is -4.58. The van der Waals surface area contributed by atoms with E-state index in [-0.39, 0.29) is 11.3 Å². The number of H-pyrrole nitrogens is 1. The standard InChI is InChI=1S/C16H10ClF3N4O/c17-11-3-1-8(5-10(11)16(18,19)20)12-7-23-15-14(24-12)9(6-22-15)2-4-13(21)25/h1-7H,(H2,21,25)(H,22,23)/b4-2+. The van der Waals surface area contributed by atoms with Gasteiger partial charge in [-0.2, -0.15) is 13.2 Å². The molecule has 0 bridgehead atoms. The van der Waals surface area contributed by atoms with Crippen molar-refractivity contribution >= 4 is 34.7 Å². The monoisotopic (exact) mass is 366 g/mol. The molecule has 0 atom stereocenters. The molecule has 0 aliphatic rings. The van der Waals surface area contributed by atoms with E-state index in [0.29, 0.717) is 16.7 Å². The molecular formula is C16H10ClF3N4O. The highest BCUT2D eigenvalue weighted by Gasteiger charge is 2.33. The van der Waals surface area contributed by atoms with Gasteiger partial charge in [-0.3, -0.25) is 4.79 Å². The second-order valence-electron chi connectivity index (χ2n) is 5.12. The number of amides is 1. The van der Waals surface area contributed by atoms with Crippen molar-refractivity contribution in [1.29, 1.82) is 0 Å². The molecule has 0 saturated heterocycles. The van der Waals surface area contributed by atoms with Crippen molar-refractivity contribution in [3.63, 3.8) is 0 Å². The predicted molar refractivity (Wildman–Crippen MR) is 87.6 cm³/mol. The molecule has 1 amide bonds. The Bertz CT molecular complexity index is 995. The summed E-state index contributed by atoms with van der Waals surface area (Å²) in [7, 11) is 0. The van der Waals surface area contributed by atoms with Gasteiger partial charge in [0.05, 0.1) is 22.5 Å². The summed E-state index contributed by atoms with van der Waals surface area (Å²) in [4.78, 5) is 22.2. The Morgan fingerprint density at radius 2 is 2.08 bits per heavy atom. The smallest absolute Gasteiger partial charge is 0.366 e. The lowest BCUT2D eigenvalue weighted by atomic mass is 10.1. The van der Waals surface area contributed by atoms with Crippen molar-refractivity contribution in [1.82, 2.24) is 15.0 Å². The second-order valence-corrected chi connectivity index (χ2v) is 5.53. The summed E-state index contributed by atoms with van der Waals surface area (Å²) in [6.07, 6.45) is 0.943. The Morgan fingerprint density at radius 3 is 2.76 bits per heavy atom. The van der Waals surface area contributed by atoms with Crippen LogP contribution in [0.3, 0.4) is 0 Å². The largest absolute Gasteiger partial charge is 0.417 e. The van der Waals surface area contributed by atoms with E-state index in [0.717, 1.165) is 18.2 Å². The number of carbonyl (C=O) groups is 1. The summed E-state index contributed by atoms with van der Waals surface area (Å²) in [5, 5.41) is -0.392. The predicted octanol–water partition coefficient (Wildman–Crippen LogP) is 3.80. The van der Waals surface area contributed by atoms with Crippen LogP contribution in [0.25, 0.3) is 28.5 Å². The van der Waals surface area contributed by atoms with Crippen molar-refractivity contribution in [3.05, 3.63) is 52.8 Å². The molecule has 3 N–H and O–H groups in total. The topological polar surface area (TPSA) is 84.7 Å². The van der Waals surface area contributed by atoms with Crippen LogP contribution in [0.1, 0.15) is 11.1 Å². The first-order chi connectivity index (χ1) is 11.8. The zero-order valence-corrected chi connectivity index (χ0v) is 13.2. The molecule has 2 aromatic heterocycles. The number of nitrogens with zero attached hydrogens (tertiary/aromatic N) is 2. The normalized spacial score (nSPS) is 12.2. The lowest BCUT2D eigenvalue weighted by Crippen LogP contribution is -2.06. The van der Waals surface area contributed by atoms with E-state index in [1.165, 1.54) is 18.3 Å². The molecule has 0 radical (unpaired) electrons. The van der Waals surface area contributed by atoms with Gasteiger partial charge in [0.25, 0.3) is 0 Å². The molecule has 128 valence electrons. The quantitative estimate of drug-likeness (QED) is 0.691. The third kappa shape index (κ3) is 3.48. The number of hydrogen-bond acceptors (Lipinski definition) is 3. The van der Waals surface area contributed by atoms with Gasteiger partial charge in [-0.25, -0.2) is 9.97 Å². The molecule has 0 unspecified atom stereocenters. The number of alkyl halides is 3. The maximum absolute atomic E-state index is 13.0. The van der Waals surface area contributed by atoms with Crippen molar-refractivity contribution in [2.75, 3.05) is 0 Å². The molecular weight excluding hydrogens is 357 g/mol. The molecule has 3 aromatic rings. The molecule has 0 spiro atoms. The molecule has 5 nitrogen and oxygen atoms in total. The third-order valence-electron chi connectivity index (χ3n) is 3.41. The maximum atomic E-state index is 13.0. The minimum Gasteiger partial charge on any atom is -0.366 e. The van der Waals surface area contributed by atoms with E-state index in [2.05, 4.69) is 15.0 Å². The average Bonchev–Trinajstić information content (AvgIpc) is 2.94. The molecule has 0 saturated carbocycles. The number of primary amides is 1. The van der Waals surface area contributed by atoms with E-state index in [1.54, 1.807) is 6.20 Å². The van der Waals surface area contributed by atoms with Gasteiger partial charge >= 0.3 is 6.18 Å².